The number of likely N-dealkylation sites (tertiary alicyclic amines) is 1. The first-order chi connectivity index (χ1) is 14.1. The molecular formula is C21H25N3O5. The molecule has 29 heavy (non-hydrogen) atoms. The van der Waals surface area contributed by atoms with Gasteiger partial charge < -0.3 is 14.4 Å². The molecule has 8 heteroatoms. The van der Waals surface area contributed by atoms with Gasteiger partial charge in [0.05, 0.1) is 30.8 Å². The molecule has 0 saturated carbocycles. The number of ether oxygens (including phenoxy) is 2. The second-order valence-electron chi connectivity index (χ2n) is 6.87. The number of rotatable bonds is 7. The zero-order valence-electron chi connectivity index (χ0n) is 16.5. The van der Waals surface area contributed by atoms with Crippen molar-refractivity contribution in [3.63, 3.8) is 0 Å². The lowest BCUT2D eigenvalue weighted by atomic mass is 9.97. The van der Waals surface area contributed by atoms with E-state index in [0.717, 1.165) is 5.69 Å². The Balaban J connectivity index is 1.41. The molecule has 3 rings (SSSR count). The number of hydrogen-bond donors (Lipinski definition) is 0. The van der Waals surface area contributed by atoms with E-state index in [9.17, 15) is 14.4 Å². The maximum absolute atomic E-state index is 12.3. The Kier molecular flexibility index (Phi) is 6.99. The molecule has 0 spiro atoms. The van der Waals surface area contributed by atoms with Crippen LogP contribution in [-0.2, 0) is 30.3 Å². The molecule has 1 aromatic heterocycles. The molecular weight excluding hydrogens is 374 g/mol. The first-order valence-corrected chi connectivity index (χ1v) is 9.76. The summed E-state index contributed by atoms with van der Waals surface area (Å²) >= 11 is 0. The van der Waals surface area contributed by atoms with Crippen molar-refractivity contribution in [1.82, 2.24) is 14.7 Å². The number of aromatic nitrogens is 2. The summed E-state index contributed by atoms with van der Waals surface area (Å²) < 4.78 is 11.8. The first-order valence-electron chi connectivity index (χ1n) is 9.76. The van der Waals surface area contributed by atoms with Crippen molar-refractivity contribution in [3.8, 4) is 5.69 Å². The van der Waals surface area contributed by atoms with Crippen molar-refractivity contribution in [1.29, 1.82) is 0 Å². The fraction of sp³-hybridized carbons (Fsp3) is 0.429. The van der Waals surface area contributed by atoms with Gasteiger partial charge in [0.1, 0.15) is 0 Å². The molecule has 0 N–H and O–H groups in total. The third-order valence-corrected chi connectivity index (χ3v) is 4.83. The van der Waals surface area contributed by atoms with Crippen molar-refractivity contribution in [2.24, 2.45) is 5.92 Å². The van der Waals surface area contributed by atoms with Crippen LogP contribution in [0.25, 0.3) is 5.69 Å². The topological polar surface area (TPSA) is 90.7 Å². The molecule has 1 aliphatic heterocycles. The number of piperidine rings is 1. The highest BCUT2D eigenvalue weighted by atomic mass is 16.5. The molecule has 1 saturated heterocycles. The summed E-state index contributed by atoms with van der Waals surface area (Å²) in [6.07, 6.45) is 4.55. The van der Waals surface area contributed by atoms with Crippen molar-refractivity contribution < 1.29 is 23.9 Å². The van der Waals surface area contributed by atoms with Crippen molar-refractivity contribution in [2.45, 2.75) is 26.2 Å². The number of nitrogens with zero attached hydrogens (tertiary/aromatic N) is 3. The summed E-state index contributed by atoms with van der Waals surface area (Å²) in [5.41, 5.74) is 1.61. The standard InChI is InChI=1S/C21H25N3O5/c1-2-28-21(27)17-8-10-23(11-9-17)19(25)15-29-20(26)12-16-13-22-24(14-16)18-6-4-3-5-7-18/h3-7,13-14,17H,2,8-12,15H2,1H3. The lowest BCUT2D eigenvalue weighted by molar-refractivity contribution is -0.154. The average Bonchev–Trinajstić information content (AvgIpc) is 3.21. The number of carbonyl (C=O) groups excluding carboxylic acids is 3. The molecule has 1 aromatic carbocycles. The number of hydrogen-bond acceptors (Lipinski definition) is 6. The zero-order chi connectivity index (χ0) is 20.6. The van der Waals surface area contributed by atoms with Crippen LogP contribution in [0.15, 0.2) is 42.7 Å². The molecule has 1 amide bonds. The summed E-state index contributed by atoms with van der Waals surface area (Å²) in [6.45, 7) is 2.76. The van der Waals surface area contributed by atoms with Gasteiger partial charge in [-0.1, -0.05) is 18.2 Å². The summed E-state index contributed by atoms with van der Waals surface area (Å²) in [6, 6.07) is 9.57. The molecule has 0 radical (unpaired) electrons. The number of amides is 1. The van der Waals surface area contributed by atoms with Crippen LogP contribution in [0, 0.1) is 5.92 Å². The fourth-order valence-corrected chi connectivity index (χ4v) is 3.25. The largest absolute Gasteiger partial charge is 0.466 e. The summed E-state index contributed by atoms with van der Waals surface area (Å²) in [7, 11) is 0. The Morgan fingerprint density at radius 2 is 1.83 bits per heavy atom. The molecule has 1 fully saturated rings. The van der Waals surface area contributed by atoms with Crippen LogP contribution in [0.1, 0.15) is 25.3 Å². The normalized spacial score (nSPS) is 14.4. The van der Waals surface area contributed by atoms with Crippen LogP contribution >= 0.6 is 0 Å². The monoisotopic (exact) mass is 399 g/mol. The van der Waals surface area contributed by atoms with Crippen LogP contribution in [0.2, 0.25) is 0 Å². The highest BCUT2D eigenvalue weighted by Gasteiger charge is 2.28. The summed E-state index contributed by atoms with van der Waals surface area (Å²) in [4.78, 5) is 37.7. The molecule has 154 valence electrons. The van der Waals surface area contributed by atoms with E-state index in [-0.39, 0.29) is 30.8 Å². The first kappa shape index (κ1) is 20.6. The Hall–Kier alpha value is -3.16. The minimum absolute atomic E-state index is 0.0467. The minimum Gasteiger partial charge on any atom is -0.466 e. The van der Waals surface area contributed by atoms with Crippen molar-refractivity contribution in [2.75, 3.05) is 26.3 Å². The molecule has 0 aliphatic carbocycles. The molecule has 1 aliphatic rings. The average molecular weight is 399 g/mol. The van der Waals surface area contributed by atoms with Gasteiger partial charge in [0.15, 0.2) is 6.61 Å². The van der Waals surface area contributed by atoms with E-state index in [1.807, 2.05) is 30.3 Å². The van der Waals surface area contributed by atoms with E-state index >= 15 is 0 Å². The molecule has 0 atom stereocenters. The van der Waals surface area contributed by atoms with E-state index in [2.05, 4.69) is 5.10 Å². The number of para-hydroxylation sites is 1. The van der Waals surface area contributed by atoms with Gasteiger partial charge in [-0.25, -0.2) is 4.68 Å². The van der Waals surface area contributed by atoms with Gasteiger partial charge in [0.2, 0.25) is 0 Å². The van der Waals surface area contributed by atoms with Gasteiger partial charge in [-0.3, -0.25) is 14.4 Å². The van der Waals surface area contributed by atoms with E-state index in [4.69, 9.17) is 9.47 Å². The van der Waals surface area contributed by atoms with Crippen LogP contribution in [-0.4, -0.2) is 58.8 Å². The predicted molar refractivity (Wildman–Crippen MR) is 104 cm³/mol. The molecule has 2 aromatic rings. The molecule has 0 bridgehead atoms. The van der Waals surface area contributed by atoms with Crippen LogP contribution in [0.3, 0.4) is 0 Å². The fourth-order valence-electron chi connectivity index (χ4n) is 3.25. The molecule has 2 heterocycles. The van der Waals surface area contributed by atoms with E-state index < -0.39 is 5.97 Å². The quantitative estimate of drug-likeness (QED) is 0.659. The van der Waals surface area contributed by atoms with Crippen LogP contribution in [0.4, 0.5) is 0 Å². The Labute approximate surface area is 169 Å². The van der Waals surface area contributed by atoms with E-state index in [1.165, 1.54) is 0 Å². The Morgan fingerprint density at radius 1 is 1.10 bits per heavy atom. The summed E-state index contributed by atoms with van der Waals surface area (Å²) in [5.74, 6) is -1.10. The van der Waals surface area contributed by atoms with Gasteiger partial charge in [-0.2, -0.15) is 5.10 Å². The van der Waals surface area contributed by atoms with Crippen LogP contribution < -0.4 is 0 Å². The van der Waals surface area contributed by atoms with Gasteiger partial charge in [-0.05, 0) is 31.9 Å². The van der Waals surface area contributed by atoms with E-state index in [0.29, 0.717) is 38.1 Å². The predicted octanol–water partition coefficient (Wildman–Crippen LogP) is 1.76. The molecule has 0 unspecified atom stereocenters. The number of carbonyl (C=O) groups is 3. The summed E-state index contributed by atoms with van der Waals surface area (Å²) in [5, 5.41) is 4.24. The maximum Gasteiger partial charge on any atom is 0.310 e. The highest BCUT2D eigenvalue weighted by Crippen LogP contribution is 2.19. The lowest BCUT2D eigenvalue weighted by Gasteiger charge is -2.30. The van der Waals surface area contributed by atoms with Gasteiger partial charge in [0.25, 0.3) is 5.91 Å². The van der Waals surface area contributed by atoms with Gasteiger partial charge in [0, 0.05) is 24.8 Å². The van der Waals surface area contributed by atoms with Crippen LogP contribution in [0.5, 0.6) is 0 Å². The lowest BCUT2D eigenvalue weighted by Crippen LogP contribution is -2.42. The smallest absolute Gasteiger partial charge is 0.310 e. The number of benzene rings is 1. The Bertz CT molecular complexity index is 841. The third kappa shape index (κ3) is 5.66. The minimum atomic E-state index is -0.479. The molecule has 8 nitrogen and oxygen atoms in total. The third-order valence-electron chi connectivity index (χ3n) is 4.83. The van der Waals surface area contributed by atoms with Crippen molar-refractivity contribution >= 4 is 17.8 Å². The Morgan fingerprint density at radius 3 is 2.52 bits per heavy atom. The van der Waals surface area contributed by atoms with Crippen molar-refractivity contribution in [3.05, 3.63) is 48.3 Å². The van der Waals surface area contributed by atoms with Gasteiger partial charge >= 0.3 is 11.9 Å². The second-order valence-corrected chi connectivity index (χ2v) is 6.87. The SMILES string of the molecule is CCOC(=O)C1CCN(C(=O)COC(=O)Cc2cnn(-c3ccccc3)c2)CC1. The number of esters is 2. The highest BCUT2D eigenvalue weighted by molar-refractivity contribution is 5.81. The zero-order valence-corrected chi connectivity index (χ0v) is 16.5. The second kappa shape index (κ2) is 9.86. The maximum atomic E-state index is 12.3. The van der Waals surface area contributed by atoms with Gasteiger partial charge in [-0.15, -0.1) is 0 Å². The van der Waals surface area contributed by atoms with E-state index in [1.54, 1.807) is 28.9 Å².